The summed E-state index contributed by atoms with van der Waals surface area (Å²) in [5.41, 5.74) is -0.0937. The molecule has 0 aromatic rings. The molecule has 0 aliphatic carbocycles. The molecule has 14 heavy (non-hydrogen) atoms. The number of ether oxygens (including phenoxy) is 1. The molecule has 1 saturated heterocycles. The quantitative estimate of drug-likeness (QED) is 0.404. The van der Waals surface area contributed by atoms with Crippen LogP contribution in [-0.2, 0) is 14.3 Å². The molecule has 3 atom stereocenters. The van der Waals surface area contributed by atoms with Crippen molar-refractivity contribution in [3.05, 3.63) is 12.3 Å². The number of aliphatic carboxylic acids is 1. The zero-order chi connectivity index (χ0) is 10.9. The molecular weight excluding hydrogens is 194 g/mol. The summed E-state index contributed by atoms with van der Waals surface area (Å²) in [4.78, 5) is 21.4. The van der Waals surface area contributed by atoms with Crippen molar-refractivity contribution >= 4 is 11.9 Å². The van der Waals surface area contributed by atoms with E-state index in [1.165, 1.54) is 0 Å². The van der Waals surface area contributed by atoms with Gasteiger partial charge in [-0.2, -0.15) is 0 Å². The summed E-state index contributed by atoms with van der Waals surface area (Å²) >= 11 is 0. The molecule has 1 heterocycles. The number of amides is 1. The number of morpholine rings is 1. The molecule has 1 rings (SSSR count). The molecule has 78 valence electrons. The third kappa shape index (κ3) is 1.90. The van der Waals surface area contributed by atoms with E-state index in [4.69, 9.17) is 15.3 Å². The number of carbonyl (C=O) groups excluding carboxylic acids is 1. The minimum absolute atomic E-state index is 0.0937. The van der Waals surface area contributed by atoms with E-state index in [0.29, 0.717) is 0 Å². The highest BCUT2D eigenvalue weighted by atomic mass is 16.6. The number of hydrogen-bond donors (Lipinski definition) is 4. The van der Waals surface area contributed by atoms with Gasteiger partial charge in [-0.25, -0.2) is 4.79 Å². The Morgan fingerprint density at radius 2 is 2.21 bits per heavy atom. The molecule has 1 unspecified atom stereocenters. The Morgan fingerprint density at radius 3 is 2.71 bits per heavy atom. The van der Waals surface area contributed by atoms with E-state index in [1.54, 1.807) is 0 Å². The Balaban J connectivity index is 2.75. The van der Waals surface area contributed by atoms with Crippen molar-refractivity contribution in [2.45, 2.75) is 18.5 Å². The van der Waals surface area contributed by atoms with Crippen molar-refractivity contribution in [1.82, 2.24) is 5.32 Å². The molecule has 4 N–H and O–H groups in total. The van der Waals surface area contributed by atoms with Crippen molar-refractivity contribution in [2.75, 3.05) is 0 Å². The van der Waals surface area contributed by atoms with E-state index >= 15 is 0 Å². The maximum atomic E-state index is 11.1. The largest absolute Gasteiger partial charge is 0.479 e. The zero-order valence-electron chi connectivity index (χ0n) is 7.01. The van der Waals surface area contributed by atoms with Crippen LogP contribution in [0.25, 0.3) is 0 Å². The highest BCUT2D eigenvalue weighted by molar-refractivity contribution is 5.89. The van der Waals surface area contributed by atoms with Gasteiger partial charge in [-0.15, -0.1) is 0 Å². The molecule has 0 aromatic heterocycles. The fourth-order valence-corrected chi connectivity index (χ4v) is 0.921. The summed E-state index contributed by atoms with van der Waals surface area (Å²) in [6.07, 6.45) is -5.16. The molecular formula is C7H9NO6. The predicted molar refractivity (Wildman–Crippen MR) is 41.8 cm³/mol. The lowest BCUT2D eigenvalue weighted by Gasteiger charge is -2.29. The molecule has 0 spiro atoms. The van der Waals surface area contributed by atoms with Crippen molar-refractivity contribution in [3.8, 4) is 0 Å². The molecule has 0 aromatic carbocycles. The maximum Gasteiger partial charge on any atom is 0.335 e. The summed E-state index contributed by atoms with van der Waals surface area (Å²) in [5.74, 6) is -2.46. The van der Waals surface area contributed by atoms with E-state index in [0.717, 1.165) is 0 Å². The van der Waals surface area contributed by atoms with Crippen molar-refractivity contribution in [3.63, 3.8) is 0 Å². The smallest absolute Gasteiger partial charge is 0.335 e. The van der Waals surface area contributed by atoms with Crippen LogP contribution < -0.4 is 5.32 Å². The van der Waals surface area contributed by atoms with Gasteiger partial charge in [0.2, 0.25) is 0 Å². The van der Waals surface area contributed by atoms with E-state index in [-0.39, 0.29) is 5.70 Å². The van der Waals surface area contributed by atoms with Crippen LogP contribution in [0.3, 0.4) is 0 Å². The van der Waals surface area contributed by atoms with Gasteiger partial charge in [0.15, 0.2) is 18.5 Å². The van der Waals surface area contributed by atoms with Crippen LogP contribution in [0.1, 0.15) is 0 Å². The van der Waals surface area contributed by atoms with Gasteiger partial charge in [0.05, 0.1) is 5.70 Å². The summed E-state index contributed by atoms with van der Waals surface area (Å²) in [6.45, 7) is 3.25. The Bertz CT molecular complexity index is 288. The van der Waals surface area contributed by atoms with Crippen LogP contribution in [-0.4, -0.2) is 45.7 Å². The van der Waals surface area contributed by atoms with Crippen LogP contribution in [0, 0.1) is 0 Å². The lowest BCUT2D eigenvalue weighted by atomic mass is 10.1. The number of nitrogens with one attached hydrogen (secondary N) is 1. The van der Waals surface area contributed by atoms with Crippen LogP contribution in [0.15, 0.2) is 12.3 Å². The van der Waals surface area contributed by atoms with Gasteiger partial charge in [0.1, 0.15) is 0 Å². The lowest BCUT2D eigenvalue weighted by Crippen LogP contribution is -2.54. The Morgan fingerprint density at radius 1 is 1.64 bits per heavy atom. The molecule has 0 bridgehead atoms. The lowest BCUT2D eigenvalue weighted by molar-refractivity contribution is -0.189. The summed E-state index contributed by atoms with van der Waals surface area (Å²) in [5, 5.41) is 28.5. The second-order valence-corrected chi connectivity index (χ2v) is 2.71. The van der Waals surface area contributed by atoms with Crippen LogP contribution >= 0.6 is 0 Å². The Labute approximate surface area is 78.6 Å². The van der Waals surface area contributed by atoms with Gasteiger partial charge in [-0.3, -0.25) is 4.79 Å². The van der Waals surface area contributed by atoms with Crippen LogP contribution in [0.2, 0.25) is 0 Å². The van der Waals surface area contributed by atoms with Crippen molar-refractivity contribution in [2.24, 2.45) is 0 Å². The second kappa shape index (κ2) is 3.74. The molecule has 0 saturated carbocycles. The van der Waals surface area contributed by atoms with Gasteiger partial charge >= 0.3 is 5.97 Å². The van der Waals surface area contributed by atoms with Gasteiger partial charge in [0, 0.05) is 0 Å². The first-order chi connectivity index (χ1) is 6.43. The normalized spacial score (nSPS) is 29.6. The third-order valence-electron chi connectivity index (χ3n) is 1.66. The fourth-order valence-electron chi connectivity index (χ4n) is 0.921. The average molecular weight is 203 g/mol. The molecule has 1 aliphatic heterocycles. The standard InChI is InChI=1S/C7H9NO6/c1-2-7(13)14-4(5(10)8-2)3(9)6(11)12/h3-4,7,9,13H,1H2,(H,8,10)(H,11,12)/t3-,4-,7?/m1/s1. The number of rotatable bonds is 2. The van der Waals surface area contributed by atoms with Gasteiger partial charge in [0.25, 0.3) is 5.91 Å². The molecule has 1 amide bonds. The van der Waals surface area contributed by atoms with E-state index in [9.17, 15) is 9.59 Å². The fraction of sp³-hybridized carbons (Fsp3) is 0.429. The molecule has 0 radical (unpaired) electrons. The molecule has 1 aliphatic rings. The average Bonchev–Trinajstić information content (AvgIpc) is 2.10. The van der Waals surface area contributed by atoms with E-state index in [2.05, 4.69) is 16.6 Å². The minimum Gasteiger partial charge on any atom is -0.479 e. The second-order valence-electron chi connectivity index (χ2n) is 2.71. The van der Waals surface area contributed by atoms with E-state index in [1.807, 2.05) is 0 Å². The van der Waals surface area contributed by atoms with Crippen LogP contribution in [0.5, 0.6) is 0 Å². The molecule has 1 fully saturated rings. The van der Waals surface area contributed by atoms with Crippen molar-refractivity contribution in [1.29, 1.82) is 0 Å². The topological polar surface area (TPSA) is 116 Å². The number of aliphatic hydroxyl groups is 2. The number of carboxylic acids is 1. The van der Waals surface area contributed by atoms with Gasteiger partial charge < -0.3 is 25.4 Å². The number of hydrogen-bond acceptors (Lipinski definition) is 5. The van der Waals surface area contributed by atoms with Crippen molar-refractivity contribution < 1.29 is 29.6 Å². The van der Waals surface area contributed by atoms with E-state index < -0.39 is 30.4 Å². The molecule has 7 heteroatoms. The molecule has 7 nitrogen and oxygen atoms in total. The Hall–Kier alpha value is -1.44. The highest BCUT2D eigenvalue weighted by Crippen LogP contribution is 2.13. The summed E-state index contributed by atoms with van der Waals surface area (Å²) < 4.78 is 4.55. The first-order valence-electron chi connectivity index (χ1n) is 3.67. The maximum absolute atomic E-state index is 11.1. The van der Waals surface area contributed by atoms with Gasteiger partial charge in [-0.05, 0) is 0 Å². The van der Waals surface area contributed by atoms with Crippen LogP contribution in [0.4, 0.5) is 0 Å². The number of carboxylic acid groups (broad SMARTS) is 1. The number of carbonyl (C=O) groups is 2. The predicted octanol–water partition coefficient (Wildman–Crippen LogP) is -2.22. The Kier molecular flexibility index (Phi) is 2.84. The monoisotopic (exact) mass is 203 g/mol. The first kappa shape index (κ1) is 10.6. The first-order valence-corrected chi connectivity index (χ1v) is 3.67. The summed E-state index contributed by atoms with van der Waals surface area (Å²) in [6, 6.07) is 0. The van der Waals surface area contributed by atoms with Gasteiger partial charge in [-0.1, -0.05) is 6.58 Å². The summed E-state index contributed by atoms with van der Waals surface area (Å²) in [7, 11) is 0. The minimum atomic E-state index is -2.02. The highest BCUT2D eigenvalue weighted by Gasteiger charge is 2.39. The number of aliphatic hydroxyl groups excluding tert-OH is 2. The third-order valence-corrected chi connectivity index (χ3v) is 1.66. The zero-order valence-corrected chi connectivity index (χ0v) is 7.01. The SMILES string of the molecule is C=C1NC(=O)[C@@H]([C@@H](O)C(=O)O)OC1O.